The number of hydrogen-bond acceptors (Lipinski definition) is 6. The number of carbonyl (C=O) groups excluding carboxylic acids is 1. The fraction of sp³-hybridized carbons (Fsp3) is 0.652. The number of hydrogen-bond donors (Lipinski definition) is 0. The molecule has 1 rings (SSSR count). The van der Waals surface area contributed by atoms with Gasteiger partial charge in [-0.1, -0.05) is 45.6 Å². The molecule has 0 aliphatic rings. The molecule has 0 spiro atoms. The minimum Gasteiger partial charge on any atom is -0.462 e. The molecule has 0 aromatic carbocycles. The number of unbranched alkanes of at least 4 members (excludes halogenated alkanes) is 6. The molecule has 0 fully saturated rings. The van der Waals surface area contributed by atoms with E-state index in [0.29, 0.717) is 12.2 Å². The van der Waals surface area contributed by atoms with Crippen LogP contribution in [-0.2, 0) is 42.5 Å². The Morgan fingerprint density at radius 2 is 1.44 bits per heavy atom. The van der Waals surface area contributed by atoms with Crippen molar-refractivity contribution in [2.75, 3.05) is 6.61 Å². The first-order valence-electron chi connectivity index (χ1n) is 12.0. The van der Waals surface area contributed by atoms with E-state index in [9.17, 15) is 48.0 Å². The molecule has 226 valence electrons. The maximum absolute atomic E-state index is 11.4. The highest BCUT2D eigenvalue weighted by Gasteiger charge is 2.46. The lowest BCUT2D eigenvalue weighted by atomic mass is 10.1. The number of sulfonamides is 2. The van der Waals surface area contributed by atoms with Gasteiger partial charge in [0.1, 0.15) is 6.54 Å². The van der Waals surface area contributed by atoms with E-state index < -0.39 is 31.1 Å². The van der Waals surface area contributed by atoms with E-state index in [4.69, 9.17) is 4.74 Å². The van der Waals surface area contributed by atoms with Crippen molar-refractivity contribution < 1.29 is 57.3 Å². The van der Waals surface area contributed by atoms with Crippen LogP contribution in [0.1, 0.15) is 70.8 Å². The average Bonchev–Trinajstić information content (AvgIpc) is 2.80. The highest BCUT2D eigenvalue weighted by atomic mass is 32.3. The number of carbonyl (C=O) groups is 1. The first kappa shape index (κ1) is 36.8. The van der Waals surface area contributed by atoms with Gasteiger partial charge in [-0.05, 0) is 32.3 Å². The van der Waals surface area contributed by atoms with Gasteiger partial charge in [0.05, 0.1) is 6.61 Å². The summed E-state index contributed by atoms with van der Waals surface area (Å²) in [5.41, 5.74) is -10.5. The van der Waals surface area contributed by atoms with Gasteiger partial charge in [0.25, 0.3) is 0 Å². The first-order valence-corrected chi connectivity index (χ1v) is 14.9. The van der Waals surface area contributed by atoms with Gasteiger partial charge in [-0.2, -0.15) is 26.3 Å². The van der Waals surface area contributed by atoms with Crippen molar-refractivity contribution >= 4 is 26.0 Å². The summed E-state index contributed by atoms with van der Waals surface area (Å²) in [7, 11) is -13.4. The maximum atomic E-state index is 11.4. The summed E-state index contributed by atoms with van der Waals surface area (Å²) in [6.45, 7) is 9.13. The Morgan fingerprint density at radius 3 is 1.92 bits per heavy atom. The van der Waals surface area contributed by atoms with Crippen molar-refractivity contribution in [3.05, 3.63) is 46.4 Å². The summed E-state index contributed by atoms with van der Waals surface area (Å²) in [5, 5.41) is 0. The molecule has 8 nitrogen and oxygen atoms in total. The van der Waals surface area contributed by atoms with E-state index in [0.717, 1.165) is 23.5 Å². The van der Waals surface area contributed by atoms with Crippen molar-refractivity contribution in [3.8, 4) is 0 Å². The molecular weight excluding hydrogens is 578 g/mol. The van der Waals surface area contributed by atoms with Gasteiger partial charge in [0.2, 0.25) is 0 Å². The van der Waals surface area contributed by atoms with Crippen LogP contribution in [0.2, 0.25) is 0 Å². The van der Waals surface area contributed by atoms with Gasteiger partial charge in [0, 0.05) is 23.6 Å². The van der Waals surface area contributed by atoms with Crippen LogP contribution < -0.4 is 4.57 Å². The number of aromatic nitrogens is 1. The SMILES string of the molecule is C=C(C)C(=O)OCCCCCCCCc1ccc[n+](CCCC)c1.O=S(=O)([N-]S(=O)(=O)C(F)(F)F)C(F)(F)F. The smallest absolute Gasteiger partial charge is 0.462 e. The quantitative estimate of drug-likeness (QED) is 0.0809. The van der Waals surface area contributed by atoms with Crippen LogP contribution in [0.25, 0.3) is 4.13 Å². The third kappa shape index (κ3) is 15.2. The molecule has 0 aliphatic carbocycles. The number of rotatable bonds is 15. The van der Waals surface area contributed by atoms with Crippen LogP contribution in [0.15, 0.2) is 36.7 Å². The number of pyridine rings is 1. The van der Waals surface area contributed by atoms with E-state index in [1.807, 2.05) is 0 Å². The van der Waals surface area contributed by atoms with Crippen molar-refractivity contribution in [1.29, 1.82) is 0 Å². The summed E-state index contributed by atoms with van der Waals surface area (Å²) >= 11 is 0. The second kappa shape index (κ2) is 16.8. The molecule has 0 aliphatic heterocycles. The van der Waals surface area contributed by atoms with Crippen molar-refractivity contribution in [3.63, 3.8) is 0 Å². The number of ether oxygens (including phenoxy) is 1. The Balaban J connectivity index is 0.000000830. The van der Waals surface area contributed by atoms with E-state index in [1.165, 1.54) is 50.5 Å². The summed E-state index contributed by atoms with van der Waals surface area (Å²) < 4.78 is 117. The summed E-state index contributed by atoms with van der Waals surface area (Å²) in [6.07, 6.45) is 15.2. The minimum atomic E-state index is -6.72. The molecule has 0 bridgehead atoms. The van der Waals surface area contributed by atoms with Crippen molar-refractivity contribution in [2.45, 2.75) is 89.2 Å². The lowest BCUT2D eigenvalue weighted by Crippen LogP contribution is -2.33. The third-order valence-corrected chi connectivity index (χ3v) is 7.65. The van der Waals surface area contributed by atoms with Crippen molar-refractivity contribution in [1.82, 2.24) is 0 Å². The van der Waals surface area contributed by atoms with Crippen LogP contribution in [0.5, 0.6) is 0 Å². The second-order valence-corrected chi connectivity index (χ2v) is 11.9. The van der Waals surface area contributed by atoms with Crippen molar-refractivity contribution in [2.24, 2.45) is 0 Å². The monoisotopic (exact) mass is 612 g/mol. The number of esters is 1. The Labute approximate surface area is 225 Å². The number of nitrogens with zero attached hydrogens (tertiary/aromatic N) is 2. The second-order valence-electron chi connectivity index (χ2n) is 8.51. The van der Waals surface area contributed by atoms with Crippen LogP contribution in [0.3, 0.4) is 0 Å². The highest BCUT2D eigenvalue weighted by molar-refractivity contribution is 8.13. The largest absolute Gasteiger partial charge is 0.480 e. The zero-order valence-corrected chi connectivity index (χ0v) is 23.4. The molecule has 16 heteroatoms. The van der Waals surface area contributed by atoms with Gasteiger partial charge >= 0.3 is 17.0 Å². The predicted molar refractivity (Wildman–Crippen MR) is 132 cm³/mol. The Morgan fingerprint density at radius 1 is 0.923 bits per heavy atom. The van der Waals surface area contributed by atoms with Crippen LogP contribution in [0.4, 0.5) is 26.3 Å². The lowest BCUT2D eigenvalue weighted by Gasteiger charge is -2.22. The van der Waals surface area contributed by atoms with Gasteiger partial charge < -0.3 is 8.86 Å². The Kier molecular flexibility index (Phi) is 15.9. The van der Waals surface area contributed by atoms with E-state index >= 15 is 0 Å². The topological polar surface area (TPSA) is 113 Å². The fourth-order valence-electron chi connectivity index (χ4n) is 2.84. The summed E-state index contributed by atoms with van der Waals surface area (Å²) in [5.74, 6) is -0.269. The van der Waals surface area contributed by atoms with E-state index in [-0.39, 0.29) is 5.97 Å². The van der Waals surface area contributed by atoms with Crippen LogP contribution >= 0.6 is 0 Å². The lowest BCUT2D eigenvalue weighted by molar-refractivity contribution is -0.697. The first-order chi connectivity index (χ1) is 17.8. The molecule has 0 unspecified atom stereocenters. The molecule has 0 saturated heterocycles. The highest BCUT2D eigenvalue weighted by Crippen LogP contribution is 2.36. The number of aryl methyl sites for hydroxylation is 2. The molecule has 0 amide bonds. The third-order valence-electron chi connectivity index (χ3n) is 4.91. The molecular formula is C23H34F6N2O6S2. The number of halogens is 6. The van der Waals surface area contributed by atoms with E-state index in [2.05, 4.69) is 42.6 Å². The molecule has 0 N–H and O–H groups in total. The molecule has 39 heavy (non-hydrogen) atoms. The molecule has 0 saturated carbocycles. The van der Waals surface area contributed by atoms with Gasteiger partial charge in [-0.15, -0.1) is 0 Å². The molecule has 1 aromatic rings. The van der Waals surface area contributed by atoms with E-state index in [1.54, 1.807) is 6.92 Å². The normalized spacial score (nSPS) is 12.4. The summed E-state index contributed by atoms with van der Waals surface area (Å²) in [4.78, 5) is 11.2. The van der Waals surface area contributed by atoms with Crippen LogP contribution in [-0.4, -0.2) is 40.4 Å². The Hall–Kier alpha value is -2.20. The zero-order valence-electron chi connectivity index (χ0n) is 21.7. The zero-order chi connectivity index (χ0) is 30.3. The van der Waals surface area contributed by atoms with Gasteiger partial charge in [-0.3, -0.25) is 0 Å². The van der Waals surface area contributed by atoms with Gasteiger partial charge in [-0.25, -0.2) is 26.2 Å². The molecule has 0 atom stereocenters. The maximum Gasteiger partial charge on any atom is 0.480 e. The van der Waals surface area contributed by atoms with Gasteiger partial charge in [0.15, 0.2) is 32.4 Å². The fourth-order valence-corrected chi connectivity index (χ4v) is 4.55. The molecule has 1 heterocycles. The predicted octanol–water partition coefficient (Wildman–Crippen LogP) is 5.84. The standard InChI is InChI=1S/C21H34NO2.C2F6NO4S2/c1-4-5-15-22-16-12-14-20(18-22)13-10-8-6-7-9-11-17-24-21(23)19(2)3;3-1(4,5)14(10,11)9-15(12,13)2(6,7)8/h12,14,16,18H,2,4-11,13,15,17H2,1,3H3;/q+1;-1. The Bertz CT molecular complexity index is 1080. The summed E-state index contributed by atoms with van der Waals surface area (Å²) in [6, 6.07) is 4.40. The minimum absolute atomic E-state index is 0.269. The number of alkyl halides is 6. The van der Waals surface area contributed by atoms with Crippen LogP contribution in [0, 0.1) is 0 Å². The molecule has 0 radical (unpaired) electrons. The average molecular weight is 613 g/mol. The molecule has 1 aromatic heterocycles.